The molecule has 1 unspecified atom stereocenters. The number of hydrogen-bond acceptors (Lipinski definition) is 5. The number of nitrogens with zero attached hydrogens (tertiary/aromatic N) is 3. The molecular weight excluding hydrogens is 410 g/mol. The van der Waals surface area contributed by atoms with Crippen molar-refractivity contribution in [3.8, 4) is 11.1 Å². The number of carbonyl (C=O) groups is 1. The molecule has 1 aliphatic heterocycles. The van der Waals surface area contributed by atoms with Gasteiger partial charge in [0.05, 0.1) is 0 Å². The predicted molar refractivity (Wildman–Crippen MR) is 128 cm³/mol. The molecule has 0 bridgehead atoms. The van der Waals surface area contributed by atoms with E-state index >= 15 is 0 Å². The molecule has 2 aromatic carbocycles. The number of unbranched alkanes of at least 4 members (excludes halogenated alkanes) is 1. The van der Waals surface area contributed by atoms with E-state index in [-0.39, 0.29) is 6.17 Å². The van der Waals surface area contributed by atoms with E-state index < -0.39 is 0 Å². The van der Waals surface area contributed by atoms with Crippen molar-refractivity contribution in [3.05, 3.63) is 70.5 Å². The molecule has 0 aromatic heterocycles. The van der Waals surface area contributed by atoms with Crippen LogP contribution in [-0.2, 0) is 11.3 Å². The van der Waals surface area contributed by atoms with E-state index in [0.29, 0.717) is 23.2 Å². The quantitative estimate of drug-likeness (QED) is 0.200. The van der Waals surface area contributed by atoms with Gasteiger partial charge in [0.2, 0.25) is 0 Å². The van der Waals surface area contributed by atoms with Crippen molar-refractivity contribution in [2.24, 2.45) is 10.1 Å². The number of aliphatic imine (C=N–C) groups is 1. The van der Waals surface area contributed by atoms with Crippen molar-refractivity contribution in [2.75, 3.05) is 7.05 Å². The standard InChI is InChI=1S/C24H28ClN5O/c1-4-5-10-22-28-23(25)21(16-31)30(22)15-17-11-13-18(14-12-17)19-8-6-7-9-20(19)24(26-2)29-27-3/h6-9,11-14,16,22,28H,3-5,10,15H2,1-2H3,(H,26,29). The first kappa shape index (κ1) is 22.6. The fourth-order valence-electron chi connectivity index (χ4n) is 3.77. The van der Waals surface area contributed by atoms with Crippen molar-refractivity contribution in [1.29, 1.82) is 0 Å². The molecule has 1 aliphatic rings. The molecule has 6 nitrogen and oxygen atoms in total. The fourth-order valence-corrected chi connectivity index (χ4v) is 4.04. The minimum atomic E-state index is 0.0360. The maximum absolute atomic E-state index is 11.6. The van der Waals surface area contributed by atoms with E-state index in [1.54, 1.807) is 7.05 Å². The first-order chi connectivity index (χ1) is 15.1. The third-order valence-corrected chi connectivity index (χ3v) is 5.66. The summed E-state index contributed by atoms with van der Waals surface area (Å²) in [5.74, 6) is 0.659. The lowest BCUT2D eigenvalue weighted by atomic mass is 9.98. The molecule has 3 rings (SSSR count). The number of hydrogen-bond donors (Lipinski definition) is 2. The predicted octanol–water partition coefficient (Wildman–Crippen LogP) is 4.46. The van der Waals surface area contributed by atoms with Gasteiger partial charge in [-0.05, 0) is 29.5 Å². The maximum atomic E-state index is 11.6. The van der Waals surface area contributed by atoms with E-state index in [2.05, 4.69) is 69.7 Å². The lowest BCUT2D eigenvalue weighted by molar-refractivity contribution is -0.106. The summed E-state index contributed by atoms with van der Waals surface area (Å²) >= 11 is 6.27. The van der Waals surface area contributed by atoms with Crippen LogP contribution in [0.15, 0.2) is 69.5 Å². The zero-order chi connectivity index (χ0) is 22.2. The highest BCUT2D eigenvalue weighted by molar-refractivity contribution is 6.31. The first-order valence-corrected chi connectivity index (χ1v) is 10.8. The van der Waals surface area contributed by atoms with E-state index in [1.165, 1.54) is 0 Å². The Hall–Kier alpha value is -3.12. The highest BCUT2D eigenvalue weighted by Gasteiger charge is 2.29. The van der Waals surface area contributed by atoms with Gasteiger partial charge in [-0.3, -0.25) is 15.2 Å². The molecule has 7 heteroatoms. The zero-order valence-corrected chi connectivity index (χ0v) is 18.7. The van der Waals surface area contributed by atoms with E-state index in [0.717, 1.165) is 47.8 Å². The topological polar surface area (TPSA) is 69.1 Å². The Morgan fingerprint density at radius 1 is 1.26 bits per heavy atom. The average molecular weight is 438 g/mol. The molecule has 1 heterocycles. The second kappa shape index (κ2) is 10.8. The minimum Gasteiger partial charge on any atom is -0.354 e. The Labute approximate surface area is 188 Å². The van der Waals surface area contributed by atoms with Gasteiger partial charge in [0.1, 0.15) is 22.9 Å². The van der Waals surface area contributed by atoms with Crippen LogP contribution in [-0.4, -0.2) is 37.0 Å². The molecular formula is C24H28ClN5O. The van der Waals surface area contributed by atoms with Crippen LogP contribution >= 0.6 is 11.6 Å². The van der Waals surface area contributed by atoms with Crippen molar-refractivity contribution < 1.29 is 4.79 Å². The molecule has 0 spiro atoms. The van der Waals surface area contributed by atoms with E-state index in [4.69, 9.17) is 11.6 Å². The summed E-state index contributed by atoms with van der Waals surface area (Å²) in [5, 5.41) is 7.42. The Morgan fingerprint density at radius 2 is 2.00 bits per heavy atom. The molecule has 2 N–H and O–H groups in total. The molecule has 0 fully saturated rings. The maximum Gasteiger partial charge on any atom is 0.169 e. The summed E-state index contributed by atoms with van der Waals surface area (Å²) in [7, 11) is 1.72. The summed E-state index contributed by atoms with van der Waals surface area (Å²) in [6, 6.07) is 16.4. The summed E-state index contributed by atoms with van der Waals surface area (Å²) in [6.07, 6.45) is 3.95. The number of benzene rings is 2. The molecule has 1 atom stereocenters. The summed E-state index contributed by atoms with van der Waals surface area (Å²) in [6.45, 7) is 6.25. The Bertz CT molecular complexity index is 984. The molecule has 31 heavy (non-hydrogen) atoms. The van der Waals surface area contributed by atoms with Crippen LogP contribution in [0.1, 0.15) is 37.3 Å². The summed E-state index contributed by atoms with van der Waals surface area (Å²) in [4.78, 5) is 17.9. The number of carbonyl (C=O) groups excluding carboxylic acids is 1. The van der Waals surface area contributed by atoms with Gasteiger partial charge in [0, 0.05) is 25.9 Å². The molecule has 2 aromatic rings. The minimum absolute atomic E-state index is 0.0360. The van der Waals surface area contributed by atoms with Crippen LogP contribution in [0.3, 0.4) is 0 Å². The van der Waals surface area contributed by atoms with Crippen LogP contribution < -0.4 is 10.7 Å². The Kier molecular flexibility index (Phi) is 7.84. The van der Waals surface area contributed by atoms with Gasteiger partial charge in [0.25, 0.3) is 0 Å². The molecule has 162 valence electrons. The lowest BCUT2D eigenvalue weighted by Crippen LogP contribution is -2.37. The van der Waals surface area contributed by atoms with Gasteiger partial charge in [0.15, 0.2) is 6.29 Å². The number of amidine groups is 1. The molecule has 0 amide bonds. The highest BCUT2D eigenvalue weighted by atomic mass is 35.5. The number of nitrogens with one attached hydrogen (secondary N) is 2. The average Bonchev–Trinajstić information content (AvgIpc) is 3.10. The molecule has 0 aliphatic carbocycles. The molecule has 0 radical (unpaired) electrons. The third-order valence-electron chi connectivity index (χ3n) is 5.36. The smallest absolute Gasteiger partial charge is 0.169 e. The monoisotopic (exact) mass is 437 g/mol. The first-order valence-electron chi connectivity index (χ1n) is 10.4. The normalized spacial score (nSPS) is 16.3. The summed E-state index contributed by atoms with van der Waals surface area (Å²) < 4.78 is 0. The summed E-state index contributed by atoms with van der Waals surface area (Å²) in [5.41, 5.74) is 7.54. The number of aldehydes is 1. The van der Waals surface area contributed by atoms with Crippen molar-refractivity contribution in [2.45, 2.75) is 38.9 Å². The van der Waals surface area contributed by atoms with Crippen LogP contribution in [0.4, 0.5) is 0 Å². The number of halogens is 1. The van der Waals surface area contributed by atoms with Crippen LogP contribution in [0.2, 0.25) is 0 Å². The van der Waals surface area contributed by atoms with Gasteiger partial charge in [-0.25, -0.2) is 0 Å². The zero-order valence-electron chi connectivity index (χ0n) is 17.9. The second-order valence-electron chi connectivity index (χ2n) is 7.33. The number of allylic oxidation sites excluding steroid dienone is 1. The Balaban J connectivity index is 1.84. The molecule has 0 saturated heterocycles. The highest BCUT2D eigenvalue weighted by Crippen LogP contribution is 2.28. The van der Waals surface area contributed by atoms with Gasteiger partial charge in [-0.15, -0.1) is 0 Å². The largest absolute Gasteiger partial charge is 0.354 e. The van der Waals surface area contributed by atoms with Gasteiger partial charge in [-0.2, -0.15) is 5.10 Å². The van der Waals surface area contributed by atoms with Gasteiger partial charge in [-0.1, -0.05) is 73.5 Å². The molecule has 0 saturated carbocycles. The SMILES string of the molecule is C=NNC(=NC)c1ccccc1-c1ccc(CN2C(C=O)=C(Cl)NC2CCCC)cc1. The van der Waals surface area contributed by atoms with Crippen LogP contribution in [0.5, 0.6) is 0 Å². The number of hydrazone groups is 1. The number of rotatable bonds is 9. The van der Waals surface area contributed by atoms with Gasteiger partial charge >= 0.3 is 0 Å². The third kappa shape index (κ3) is 5.14. The second-order valence-corrected chi connectivity index (χ2v) is 7.71. The fraction of sp³-hybridized carbons (Fsp3) is 0.292. The Morgan fingerprint density at radius 3 is 2.65 bits per heavy atom. The van der Waals surface area contributed by atoms with Crippen molar-refractivity contribution in [3.63, 3.8) is 0 Å². The van der Waals surface area contributed by atoms with Crippen molar-refractivity contribution in [1.82, 2.24) is 15.6 Å². The van der Waals surface area contributed by atoms with Crippen molar-refractivity contribution >= 4 is 30.4 Å². The van der Waals surface area contributed by atoms with E-state index in [1.807, 2.05) is 18.2 Å². The lowest BCUT2D eigenvalue weighted by Gasteiger charge is -2.27. The van der Waals surface area contributed by atoms with E-state index in [9.17, 15) is 4.79 Å². The van der Waals surface area contributed by atoms with Crippen LogP contribution in [0, 0.1) is 0 Å². The van der Waals surface area contributed by atoms with Gasteiger partial charge < -0.3 is 10.2 Å². The van der Waals surface area contributed by atoms with Crippen LogP contribution in [0.25, 0.3) is 11.1 Å².